The predicted octanol–water partition coefficient (Wildman–Crippen LogP) is 2.61. The van der Waals surface area contributed by atoms with Crippen molar-refractivity contribution in [2.75, 3.05) is 25.0 Å². The second-order valence-corrected chi connectivity index (χ2v) is 5.32. The van der Waals surface area contributed by atoms with Gasteiger partial charge in [0.1, 0.15) is 6.54 Å². The van der Waals surface area contributed by atoms with Gasteiger partial charge in [-0.3, -0.25) is 4.79 Å². The average Bonchev–Trinajstić information content (AvgIpc) is 2.53. The number of hydrogen-bond donors (Lipinski definition) is 2. The highest BCUT2D eigenvalue weighted by Gasteiger charge is 2.15. The molecule has 1 aliphatic heterocycles. The van der Waals surface area contributed by atoms with E-state index in [1.54, 1.807) is 0 Å². The number of benzene rings is 1. The lowest BCUT2D eigenvalue weighted by molar-refractivity contribution is -0.130. The number of rotatable bonds is 4. The molecule has 0 saturated carbocycles. The van der Waals surface area contributed by atoms with E-state index in [9.17, 15) is 4.79 Å². The largest absolute Gasteiger partial charge is 0.370 e. The highest BCUT2D eigenvalue weighted by atomic mass is 127. The molecule has 1 saturated heterocycles. The molecule has 0 unspecified atom stereocenters. The Morgan fingerprint density at radius 1 is 1.32 bits per heavy atom. The Hall–Kier alpha value is -1.31. The number of carbonyl (C=O) groups excluding carboxylic acids is 1. The van der Waals surface area contributed by atoms with Crippen molar-refractivity contribution in [2.45, 2.75) is 32.6 Å². The molecule has 1 aromatic rings. The summed E-state index contributed by atoms with van der Waals surface area (Å²) in [6.45, 7) is 3.92. The van der Waals surface area contributed by atoms with Crippen LogP contribution in [0.5, 0.6) is 0 Å². The molecule has 0 aliphatic carbocycles. The standard InChI is InChI=1S/C16H24N4O.HI/c1-2-13-7-6-8-14(11-13)19-16(17)18-12-15(21)20-9-4-3-5-10-20;/h6-8,11H,2-5,9-10,12H2,1H3,(H3,17,18,19);1H. The lowest BCUT2D eigenvalue weighted by Gasteiger charge is -2.26. The van der Waals surface area contributed by atoms with Crippen molar-refractivity contribution in [3.8, 4) is 0 Å². The first kappa shape index (κ1) is 18.7. The monoisotopic (exact) mass is 416 g/mol. The number of likely N-dealkylation sites (tertiary alicyclic amines) is 1. The summed E-state index contributed by atoms with van der Waals surface area (Å²) in [7, 11) is 0. The van der Waals surface area contributed by atoms with Crippen LogP contribution in [0.3, 0.4) is 0 Å². The van der Waals surface area contributed by atoms with Gasteiger partial charge in [0.25, 0.3) is 0 Å². The predicted molar refractivity (Wildman–Crippen MR) is 102 cm³/mol. The van der Waals surface area contributed by atoms with Crippen LogP contribution in [0, 0.1) is 0 Å². The summed E-state index contributed by atoms with van der Waals surface area (Å²) in [5.74, 6) is 0.343. The van der Waals surface area contributed by atoms with Crippen LogP contribution in [0.25, 0.3) is 0 Å². The topological polar surface area (TPSA) is 70.7 Å². The zero-order valence-corrected chi connectivity index (χ0v) is 15.4. The number of guanidine groups is 1. The number of nitrogens with one attached hydrogen (secondary N) is 1. The Kier molecular flexibility index (Phi) is 8.22. The molecule has 1 aliphatic rings. The van der Waals surface area contributed by atoms with E-state index in [0.717, 1.165) is 38.0 Å². The number of nitrogens with two attached hydrogens (primary N) is 1. The van der Waals surface area contributed by atoms with Crippen LogP contribution in [0.1, 0.15) is 31.7 Å². The maximum Gasteiger partial charge on any atom is 0.244 e. The van der Waals surface area contributed by atoms with Crippen LogP contribution in [0.15, 0.2) is 29.3 Å². The second-order valence-electron chi connectivity index (χ2n) is 5.32. The number of carbonyl (C=O) groups is 1. The summed E-state index contributed by atoms with van der Waals surface area (Å²) >= 11 is 0. The molecule has 0 radical (unpaired) electrons. The number of anilines is 1. The summed E-state index contributed by atoms with van der Waals surface area (Å²) in [6.07, 6.45) is 4.37. The van der Waals surface area contributed by atoms with E-state index in [1.807, 2.05) is 23.1 Å². The van der Waals surface area contributed by atoms with Crippen molar-refractivity contribution >= 4 is 41.5 Å². The molecular weight excluding hydrogens is 391 g/mol. The summed E-state index contributed by atoms with van der Waals surface area (Å²) in [5, 5.41) is 3.03. The van der Waals surface area contributed by atoms with Crippen molar-refractivity contribution in [1.82, 2.24) is 4.90 Å². The minimum absolute atomic E-state index is 0. The van der Waals surface area contributed by atoms with Gasteiger partial charge in [0.15, 0.2) is 5.96 Å². The lowest BCUT2D eigenvalue weighted by atomic mass is 10.1. The molecule has 0 aromatic heterocycles. The Bertz CT molecular complexity index is 513. The molecule has 0 bridgehead atoms. The Labute approximate surface area is 149 Å². The van der Waals surface area contributed by atoms with Crippen molar-refractivity contribution < 1.29 is 4.79 Å². The highest BCUT2D eigenvalue weighted by molar-refractivity contribution is 14.0. The van der Waals surface area contributed by atoms with Crippen LogP contribution < -0.4 is 11.1 Å². The average molecular weight is 416 g/mol. The van der Waals surface area contributed by atoms with E-state index in [2.05, 4.69) is 23.3 Å². The van der Waals surface area contributed by atoms with Gasteiger partial charge in [-0.05, 0) is 43.4 Å². The number of hydrogen-bond acceptors (Lipinski definition) is 2. The van der Waals surface area contributed by atoms with Gasteiger partial charge in [0.2, 0.25) is 5.91 Å². The first-order valence-corrected chi connectivity index (χ1v) is 7.62. The zero-order valence-electron chi connectivity index (χ0n) is 13.0. The van der Waals surface area contributed by atoms with Crippen molar-refractivity contribution in [3.05, 3.63) is 29.8 Å². The van der Waals surface area contributed by atoms with Gasteiger partial charge in [-0.25, -0.2) is 4.99 Å². The minimum atomic E-state index is 0. The van der Waals surface area contributed by atoms with E-state index in [-0.39, 0.29) is 42.4 Å². The summed E-state index contributed by atoms with van der Waals surface area (Å²) in [4.78, 5) is 18.0. The first-order valence-electron chi connectivity index (χ1n) is 7.62. The van der Waals surface area contributed by atoms with E-state index in [1.165, 1.54) is 12.0 Å². The molecule has 3 N–H and O–H groups in total. The third-order valence-corrected chi connectivity index (χ3v) is 3.70. The molecule has 1 aromatic carbocycles. The molecule has 0 atom stereocenters. The maximum absolute atomic E-state index is 12.0. The molecule has 1 heterocycles. The van der Waals surface area contributed by atoms with E-state index < -0.39 is 0 Å². The zero-order chi connectivity index (χ0) is 15.1. The van der Waals surface area contributed by atoms with Gasteiger partial charge >= 0.3 is 0 Å². The number of aliphatic imine (C=N–C) groups is 1. The summed E-state index contributed by atoms with van der Waals surface area (Å²) in [6, 6.07) is 8.02. The summed E-state index contributed by atoms with van der Waals surface area (Å²) < 4.78 is 0. The summed E-state index contributed by atoms with van der Waals surface area (Å²) in [5.41, 5.74) is 7.98. The van der Waals surface area contributed by atoms with E-state index in [4.69, 9.17) is 5.73 Å². The fraction of sp³-hybridized carbons (Fsp3) is 0.500. The molecule has 2 rings (SSSR count). The van der Waals surface area contributed by atoms with Gasteiger partial charge in [0, 0.05) is 18.8 Å². The highest BCUT2D eigenvalue weighted by Crippen LogP contribution is 2.11. The van der Waals surface area contributed by atoms with Crippen molar-refractivity contribution in [3.63, 3.8) is 0 Å². The minimum Gasteiger partial charge on any atom is -0.370 e. The van der Waals surface area contributed by atoms with E-state index >= 15 is 0 Å². The number of halogens is 1. The fourth-order valence-electron chi connectivity index (χ4n) is 2.45. The Morgan fingerprint density at radius 3 is 2.73 bits per heavy atom. The van der Waals surface area contributed by atoms with Crippen LogP contribution in [-0.4, -0.2) is 36.4 Å². The van der Waals surface area contributed by atoms with Gasteiger partial charge in [0.05, 0.1) is 0 Å². The second kappa shape index (κ2) is 9.66. The number of nitrogens with zero attached hydrogens (tertiary/aromatic N) is 2. The quantitative estimate of drug-likeness (QED) is 0.451. The maximum atomic E-state index is 12.0. The van der Waals surface area contributed by atoms with Crippen LogP contribution in [0.2, 0.25) is 0 Å². The number of amides is 1. The van der Waals surface area contributed by atoms with Gasteiger partial charge in [-0.1, -0.05) is 19.1 Å². The van der Waals surface area contributed by atoms with Crippen molar-refractivity contribution in [2.24, 2.45) is 10.7 Å². The molecule has 6 heteroatoms. The third-order valence-electron chi connectivity index (χ3n) is 3.70. The molecule has 22 heavy (non-hydrogen) atoms. The number of aryl methyl sites for hydroxylation is 1. The molecule has 5 nitrogen and oxygen atoms in total. The molecular formula is C16H25IN4O. The number of piperidine rings is 1. The lowest BCUT2D eigenvalue weighted by Crippen LogP contribution is -2.37. The van der Waals surface area contributed by atoms with Crippen LogP contribution >= 0.6 is 24.0 Å². The first-order chi connectivity index (χ1) is 10.2. The molecule has 122 valence electrons. The SMILES string of the molecule is CCc1cccc(NC(N)=NCC(=O)N2CCCCC2)c1.I. The van der Waals surface area contributed by atoms with Crippen LogP contribution in [-0.2, 0) is 11.2 Å². The van der Waals surface area contributed by atoms with Gasteiger partial charge in [-0.2, -0.15) is 0 Å². The van der Waals surface area contributed by atoms with Crippen LogP contribution in [0.4, 0.5) is 5.69 Å². The smallest absolute Gasteiger partial charge is 0.244 e. The molecule has 1 amide bonds. The fourth-order valence-corrected chi connectivity index (χ4v) is 2.45. The normalized spacial score (nSPS) is 15.1. The Morgan fingerprint density at radius 2 is 2.05 bits per heavy atom. The van der Waals surface area contributed by atoms with E-state index in [0.29, 0.717) is 0 Å². The Balaban J connectivity index is 0.00000242. The van der Waals surface area contributed by atoms with Gasteiger partial charge < -0.3 is 16.0 Å². The third kappa shape index (κ3) is 5.82. The van der Waals surface area contributed by atoms with Gasteiger partial charge in [-0.15, -0.1) is 24.0 Å². The molecule has 1 fully saturated rings. The molecule has 0 spiro atoms. The van der Waals surface area contributed by atoms with Crippen molar-refractivity contribution in [1.29, 1.82) is 0 Å².